The van der Waals surface area contributed by atoms with Gasteiger partial charge in [-0.3, -0.25) is 14.9 Å². The van der Waals surface area contributed by atoms with Crippen molar-refractivity contribution in [2.75, 3.05) is 5.32 Å². The lowest BCUT2D eigenvalue weighted by molar-refractivity contribution is -0.136. The number of rotatable bonds is 4. The number of carbonyl (C=O) groups excluding carboxylic acids is 1. The summed E-state index contributed by atoms with van der Waals surface area (Å²) in [6, 6.07) is 5.02. The number of carboxylic acids is 1. The predicted octanol–water partition coefficient (Wildman–Crippen LogP) is 3.28. The van der Waals surface area contributed by atoms with Gasteiger partial charge in [-0.25, -0.2) is 4.98 Å². The molecule has 104 valence electrons. The van der Waals surface area contributed by atoms with Gasteiger partial charge in [-0.05, 0) is 40.8 Å². The summed E-state index contributed by atoms with van der Waals surface area (Å²) in [5.41, 5.74) is 0.867. The molecule has 0 aliphatic heterocycles. The first-order valence-corrected chi connectivity index (χ1v) is 7.72. The molecule has 0 aliphatic rings. The van der Waals surface area contributed by atoms with Crippen molar-refractivity contribution in [3.63, 3.8) is 0 Å². The van der Waals surface area contributed by atoms with Gasteiger partial charge in [0.15, 0.2) is 5.13 Å². The quantitative estimate of drug-likeness (QED) is 0.741. The number of aromatic nitrogens is 1. The SMILES string of the molecule is O=C(O)Cc1csc(NC(=O)c2cc(Cl)ccc2I)n1. The van der Waals surface area contributed by atoms with Gasteiger partial charge < -0.3 is 5.11 Å². The maximum atomic E-state index is 12.1. The van der Waals surface area contributed by atoms with E-state index in [1.807, 2.05) is 22.6 Å². The topological polar surface area (TPSA) is 79.3 Å². The molecule has 1 aromatic heterocycles. The van der Waals surface area contributed by atoms with E-state index in [-0.39, 0.29) is 12.3 Å². The molecule has 2 rings (SSSR count). The molecule has 0 atom stereocenters. The van der Waals surface area contributed by atoms with Crippen LogP contribution < -0.4 is 5.32 Å². The molecule has 5 nitrogen and oxygen atoms in total. The van der Waals surface area contributed by atoms with Crippen LogP contribution in [0.2, 0.25) is 5.02 Å². The molecule has 0 saturated heterocycles. The van der Waals surface area contributed by atoms with Gasteiger partial charge in [0.25, 0.3) is 5.91 Å². The molecule has 1 heterocycles. The van der Waals surface area contributed by atoms with Crippen molar-refractivity contribution in [1.29, 1.82) is 0 Å². The zero-order valence-corrected chi connectivity index (χ0v) is 13.6. The zero-order valence-electron chi connectivity index (χ0n) is 9.89. The Morgan fingerprint density at radius 2 is 2.20 bits per heavy atom. The van der Waals surface area contributed by atoms with Gasteiger partial charge in [-0.15, -0.1) is 11.3 Å². The third-order valence-electron chi connectivity index (χ3n) is 2.28. The molecule has 0 radical (unpaired) electrons. The van der Waals surface area contributed by atoms with Crippen molar-refractivity contribution in [2.45, 2.75) is 6.42 Å². The highest BCUT2D eigenvalue weighted by atomic mass is 127. The van der Waals surface area contributed by atoms with E-state index in [9.17, 15) is 9.59 Å². The first-order valence-electron chi connectivity index (χ1n) is 5.38. The number of carbonyl (C=O) groups is 2. The first kappa shape index (κ1) is 15.2. The largest absolute Gasteiger partial charge is 0.481 e. The normalized spacial score (nSPS) is 10.3. The van der Waals surface area contributed by atoms with Crippen molar-refractivity contribution >= 4 is 62.5 Å². The van der Waals surface area contributed by atoms with Crippen molar-refractivity contribution in [3.05, 3.63) is 43.4 Å². The van der Waals surface area contributed by atoms with Gasteiger partial charge in [0, 0.05) is 14.0 Å². The number of amides is 1. The lowest BCUT2D eigenvalue weighted by atomic mass is 10.2. The molecule has 0 fully saturated rings. The van der Waals surface area contributed by atoms with Crippen LogP contribution in [0.25, 0.3) is 0 Å². The second-order valence-electron chi connectivity index (χ2n) is 3.79. The van der Waals surface area contributed by atoms with E-state index in [4.69, 9.17) is 16.7 Å². The number of nitrogens with one attached hydrogen (secondary N) is 1. The Balaban J connectivity index is 2.13. The van der Waals surface area contributed by atoms with Crippen LogP contribution in [0.15, 0.2) is 23.6 Å². The summed E-state index contributed by atoms with van der Waals surface area (Å²) in [6.45, 7) is 0. The first-order chi connectivity index (χ1) is 9.45. The van der Waals surface area contributed by atoms with Crippen molar-refractivity contribution in [1.82, 2.24) is 4.98 Å². The van der Waals surface area contributed by atoms with Gasteiger partial charge >= 0.3 is 5.97 Å². The average Bonchev–Trinajstić information content (AvgIpc) is 2.78. The molecule has 2 N–H and O–H groups in total. The van der Waals surface area contributed by atoms with Crippen LogP contribution in [0.4, 0.5) is 5.13 Å². The molecule has 1 amide bonds. The van der Waals surface area contributed by atoms with E-state index < -0.39 is 5.97 Å². The Kier molecular flexibility index (Phi) is 4.95. The molecule has 0 bridgehead atoms. The maximum absolute atomic E-state index is 12.1. The minimum Gasteiger partial charge on any atom is -0.481 e. The average molecular weight is 423 g/mol. The molecular formula is C12H8ClIN2O3S. The molecule has 0 aliphatic carbocycles. The van der Waals surface area contributed by atoms with Crippen molar-refractivity contribution < 1.29 is 14.7 Å². The molecule has 20 heavy (non-hydrogen) atoms. The van der Waals surface area contributed by atoms with E-state index in [1.165, 1.54) is 11.3 Å². The second-order valence-corrected chi connectivity index (χ2v) is 6.25. The third kappa shape index (κ3) is 3.90. The summed E-state index contributed by atoms with van der Waals surface area (Å²) in [7, 11) is 0. The van der Waals surface area contributed by atoms with E-state index in [2.05, 4.69) is 10.3 Å². The highest BCUT2D eigenvalue weighted by Gasteiger charge is 2.13. The van der Waals surface area contributed by atoms with Gasteiger partial charge in [-0.1, -0.05) is 11.6 Å². The number of anilines is 1. The fraction of sp³-hybridized carbons (Fsp3) is 0.0833. The number of carboxylic acid groups (broad SMARTS) is 1. The Hall–Kier alpha value is -1.19. The number of hydrogen-bond donors (Lipinski definition) is 2. The number of benzene rings is 1. The lowest BCUT2D eigenvalue weighted by Crippen LogP contribution is -2.13. The third-order valence-corrected chi connectivity index (χ3v) is 4.26. The number of halogens is 2. The Labute approximate surface area is 137 Å². The van der Waals surface area contributed by atoms with Crippen LogP contribution in [0.3, 0.4) is 0 Å². The standard InChI is InChI=1S/C12H8ClIN2O3S/c13-6-1-2-9(14)8(3-6)11(19)16-12-15-7(5-20-12)4-10(17)18/h1-3,5H,4H2,(H,17,18)(H,15,16,19). The molecular weight excluding hydrogens is 415 g/mol. The van der Waals surface area contributed by atoms with Crippen LogP contribution in [0.1, 0.15) is 16.1 Å². The molecule has 0 spiro atoms. The predicted molar refractivity (Wildman–Crippen MR) is 85.6 cm³/mol. The van der Waals surface area contributed by atoms with Gasteiger partial charge in [0.1, 0.15) is 0 Å². The summed E-state index contributed by atoms with van der Waals surface area (Å²) in [5, 5.41) is 13.7. The maximum Gasteiger partial charge on any atom is 0.309 e. The molecule has 8 heteroatoms. The zero-order chi connectivity index (χ0) is 14.7. The highest BCUT2D eigenvalue weighted by Crippen LogP contribution is 2.21. The van der Waals surface area contributed by atoms with Crippen LogP contribution in [0, 0.1) is 3.57 Å². The van der Waals surface area contributed by atoms with Crippen molar-refractivity contribution in [3.8, 4) is 0 Å². The summed E-state index contributed by atoms with van der Waals surface area (Å²) in [5.74, 6) is -1.29. The number of aliphatic carboxylic acids is 1. The van der Waals surface area contributed by atoms with E-state index in [1.54, 1.807) is 23.6 Å². The highest BCUT2D eigenvalue weighted by molar-refractivity contribution is 14.1. The molecule has 0 unspecified atom stereocenters. The summed E-state index contributed by atoms with van der Waals surface area (Å²) in [6.07, 6.45) is -0.166. The van der Waals surface area contributed by atoms with Gasteiger partial charge in [0.05, 0.1) is 17.7 Å². The minimum atomic E-state index is -0.961. The molecule has 0 saturated carbocycles. The van der Waals surface area contributed by atoms with Crippen LogP contribution in [0.5, 0.6) is 0 Å². The van der Waals surface area contributed by atoms with Crippen LogP contribution >= 0.6 is 45.5 Å². The van der Waals surface area contributed by atoms with Crippen molar-refractivity contribution in [2.24, 2.45) is 0 Å². The fourth-order valence-electron chi connectivity index (χ4n) is 1.44. The van der Waals surface area contributed by atoms with Crippen LogP contribution in [-0.2, 0) is 11.2 Å². The van der Waals surface area contributed by atoms with Gasteiger partial charge in [-0.2, -0.15) is 0 Å². The smallest absolute Gasteiger partial charge is 0.309 e. The Morgan fingerprint density at radius 1 is 1.45 bits per heavy atom. The number of thiazole rings is 1. The fourth-order valence-corrected chi connectivity index (χ4v) is 2.89. The molecule has 2 aromatic rings. The van der Waals surface area contributed by atoms with Gasteiger partial charge in [0.2, 0.25) is 0 Å². The van der Waals surface area contributed by atoms with E-state index in [0.717, 1.165) is 3.57 Å². The summed E-state index contributed by atoms with van der Waals surface area (Å²) >= 11 is 9.09. The molecule has 1 aromatic carbocycles. The Bertz CT molecular complexity index is 674. The number of nitrogens with zero attached hydrogens (tertiary/aromatic N) is 1. The minimum absolute atomic E-state index is 0.166. The monoisotopic (exact) mass is 422 g/mol. The summed E-state index contributed by atoms with van der Waals surface area (Å²) in [4.78, 5) is 26.7. The Morgan fingerprint density at radius 3 is 2.90 bits per heavy atom. The second kappa shape index (κ2) is 6.51. The van der Waals surface area contributed by atoms with E-state index >= 15 is 0 Å². The van der Waals surface area contributed by atoms with E-state index in [0.29, 0.717) is 21.4 Å². The van der Waals surface area contributed by atoms with Crippen LogP contribution in [-0.4, -0.2) is 22.0 Å². The lowest BCUT2D eigenvalue weighted by Gasteiger charge is -2.04. The number of hydrogen-bond acceptors (Lipinski definition) is 4. The summed E-state index contributed by atoms with van der Waals surface area (Å²) < 4.78 is 0.770.